The van der Waals surface area contributed by atoms with E-state index in [-0.39, 0.29) is 21.1 Å². The Labute approximate surface area is 127 Å². The van der Waals surface area contributed by atoms with Crippen molar-refractivity contribution in [3.63, 3.8) is 0 Å². The van der Waals surface area contributed by atoms with Crippen LogP contribution in [0.15, 0.2) is 0 Å². The van der Waals surface area contributed by atoms with E-state index >= 15 is 0 Å². The summed E-state index contributed by atoms with van der Waals surface area (Å²) in [4.78, 5) is 0. The van der Waals surface area contributed by atoms with E-state index in [1.54, 1.807) is 8.87 Å². The van der Waals surface area contributed by atoms with Gasteiger partial charge in [0.25, 0.3) is 0 Å². The zero-order valence-corrected chi connectivity index (χ0v) is 16.2. The van der Waals surface area contributed by atoms with Gasteiger partial charge in [-0.05, 0) is 12.8 Å². The van der Waals surface area contributed by atoms with E-state index in [1.807, 2.05) is 0 Å². The molecule has 0 aromatic rings. The summed E-state index contributed by atoms with van der Waals surface area (Å²) in [6.07, 6.45) is 10.7. The third-order valence-corrected chi connectivity index (χ3v) is 6.73. The van der Waals surface area contributed by atoms with Crippen LogP contribution < -0.4 is 0 Å². The van der Waals surface area contributed by atoms with Crippen molar-refractivity contribution in [1.82, 2.24) is 0 Å². The Morgan fingerprint density at radius 2 is 1.00 bits per heavy atom. The van der Waals surface area contributed by atoms with Gasteiger partial charge in [0.2, 0.25) is 0 Å². The van der Waals surface area contributed by atoms with E-state index in [1.165, 1.54) is 51.4 Å². The number of hydrogen-bond donors (Lipinski definition) is 0. The summed E-state index contributed by atoms with van der Waals surface area (Å²) < 4.78 is 8.56. The summed E-state index contributed by atoms with van der Waals surface area (Å²) in [5, 5.41) is 0. The minimum absolute atomic E-state index is 0.149. The quantitative estimate of drug-likeness (QED) is 0.318. The summed E-state index contributed by atoms with van der Waals surface area (Å²) in [6, 6.07) is 0. The molecule has 0 aliphatic carbocycles. The first-order valence-corrected chi connectivity index (χ1v) is 12.1. The normalized spacial score (nSPS) is 10.0. The van der Waals surface area contributed by atoms with Gasteiger partial charge < -0.3 is 4.74 Å². The molecule has 0 amide bonds. The van der Waals surface area contributed by atoms with Crippen LogP contribution in [0.5, 0.6) is 0 Å². The molecule has 0 saturated heterocycles. The first-order chi connectivity index (χ1) is 8.83. The molecule has 2 heteroatoms. The molecule has 0 aliphatic rings. The second-order valence-electron chi connectivity index (χ2n) is 4.78. The molecule has 0 fully saturated rings. The predicted octanol–water partition coefficient (Wildman–Crippen LogP) is 5.73. The van der Waals surface area contributed by atoms with Crippen molar-refractivity contribution >= 4 is 21.1 Å². The molecule has 1 nitrogen and oxygen atoms in total. The third-order valence-electron chi connectivity index (χ3n) is 2.70. The molecule has 0 N–H and O–H groups in total. The molecule has 0 atom stereocenters. The van der Waals surface area contributed by atoms with Gasteiger partial charge in [0.1, 0.15) is 0 Å². The fourth-order valence-electron chi connectivity index (χ4n) is 1.32. The second-order valence-corrected chi connectivity index (χ2v) is 9.06. The van der Waals surface area contributed by atoms with Crippen molar-refractivity contribution in [3.05, 3.63) is 0 Å². The predicted molar refractivity (Wildman–Crippen MR) is 85.8 cm³/mol. The number of unbranched alkanes of at least 4 members (excludes halogenated alkanes) is 4. The fraction of sp³-hybridized carbons (Fsp3) is 1.00. The second kappa shape index (κ2) is 22.9. The number of hydrogen-bond acceptors (Lipinski definition) is 1. The van der Waals surface area contributed by atoms with Gasteiger partial charge in [-0.2, -0.15) is 0 Å². The standard InChI is InChI=1S/C8H18O.2C4H9.Sn/c1-3-5-7-9-8-6-4-2;2*1-3-4-2;/h3-8H2,1-2H3;2*1,3-4H2,2H3;. The molecule has 0 spiro atoms. The summed E-state index contributed by atoms with van der Waals surface area (Å²) in [7, 11) is 0. The Hall–Kier alpha value is 0.759. The van der Waals surface area contributed by atoms with Gasteiger partial charge >= 0.3 is 69.5 Å². The van der Waals surface area contributed by atoms with Gasteiger partial charge in [0.15, 0.2) is 0 Å². The van der Waals surface area contributed by atoms with E-state index in [9.17, 15) is 0 Å². The van der Waals surface area contributed by atoms with Gasteiger partial charge in [0.05, 0.1) is 0 Å². The van der Waals surface area contributed by atoms with Gasteiger partial charge in [0, 0.05) is 13.2 Å². The number of ether oxygens (including phenoxy) is 1. The van der Waals surface area contributed by atoms with Crippen LogP contribution in [0, 0.1) is 0 Å². The Morgan fingerprint density at radius 3 is 1.33 bits per heavy atom. The van der Waals surface area contributed by atoms with E-state index in [0.29, 0.717) is 0 Å². The molecule has 0 rings (SSSR count). The first-order valence-electron chi connectivity index (χ1n) is 8.11. The van der Waals surface area contributed by atoms with E-state index in [0.717, 1.165) is 13.2 Å². The van der Waals surface area contributed by atoms with Crippen molar-refractivity contribution in [2.24, 2.45) is 0 Å². The summed E-state index contributed by atoms with van der Waals surface area (Å²) >= 11 is 0.149. The summed E-state index contributed by atoms with van der Waals surface area (Å²) in [5.74, 6) is 0. The Balaban J connectivity index is 0. The summed E-state index contributed by atoms with van der Waals surface area (Å²) in [6.45, 7) is 10.9. The molecule has 18 heavy (non-hydrogen) atoms. The average Bonchev–Trinajstić information content (AvgIpc) is 2.39. The first kappa shape index (κ1) is 21.1. The van der Waals surface area contributed by atoms with Crippen LogP contribution in [-0.4, -0.2) is 34.4 Å². The van der Waals surface area contributed by atoms with E-state index in [4.69, 9.17) is 4.74 Å². The van der Waals surface area contributed by atoms with Crippen molar-refractivity contribution < 1.29 is 4.74 Å². The molecule has 0 aromatic carbocycles. The Kier molecular flexibility index (Phi) is 26.8. The monoisotopic (exact) mass is 364 g/mol. The topological polar surface area (TPSA) is 9.23 Å². The SMILES string of the molecule is CCCCOCCCC.CCC[CH2][Sn][CH2]CCC. The Bertz CT molecular complexity index is 91.7. The van der Waals surface area contributed by atoms with Crippen LogP contribution in [0.2, 0.25) is 8.87 Å². The maximum atomic E-state index is 5.31. The van der Waals surface area contributed by atoms with Crippen molar-refractivity contribution in [3.8, 4) is 0 Å². The zero-order valence-electron chi connectivity index (χ0n) is 13.4. The van der Waals surface area contributed by atoms with Crippen LogP contribution >= 0.6 is 0 Å². The molecule has 0 aliphatic heterocycles. The molecule has 110 valence electrons. The van der Waals surface area contributed by atoms with Crippen LogP contribution in [0.25, 0.3) is 0 Å². The van der Waals surface area contributed by atoms with Gasteiger partial charge in [-0.25, -0.2) is 0 Å². The van der Waals surface area contributed by atoms with E-state index in [2.05, 4.69) is 27.7 Å². The minimum atomic E-state index is 0.149. The third kappa shape index (κ3) is 25.6. The molecular weight excluding hydrogens is 327 g/mol. The molecule has 0 aromatic heterocycles. The zero-order chi connectivity index (χ0) is 13.9. The maximum absolute atomic E-state index is 5.31. The van der Waals surface area contributed by atoms with Crippen LogP contribution in [0.4, 0.5) is 0 Å². The molecule has 2 radical (unpaired) electrons. The molecule has 0 unspecified atom stereocenters. The fourth-order valence-corrected chi connectivity index (χ4v) is 5.48. The Morgan fingerprint density at radius 1 is 0.611 bits per heavy atom. The van der Waals surface area contributed by atoms with Gasteiger partial charge in [-0.1, -0.05) is 26.7 Å². The molecule has 0 bridgehead atoms. The average molecular weight is 363 g/mol. The van der Waals surface area contributed by atoms with Crippen molar-refractivity contribution in [2.45, 2.75) is 87.9 Å². The van der Waals surface area contributed by atoms with Crippen LogP contribution in [-0.2, 0) is 4.74 Å². The van der Waals surface area contributed by atoms with Crippen molar-refractivity contribution in [1.29, 1.82) is 0 Å². The summed E-state index contributed by atoms with van der Waals surface area (Å²) in [5.41, 5.74) is 0. The van der Waals surface area contributed by atoms with Crippen LogP contribution in [0.3, 0.4) is 0 Å². The van der Waals surface area contributed by atoms with E-state index < -0.39 is 0 Å². The van der Waals surface area contributed by atoms with Gasteiger partial charge in [-0.15, -0.1) is 0 Å². The molecule has 0 heterocycles. The number of rotatable bonds is 12. The van der Waals surface area contributed by atoms with Crippen LogP contribution in [0.1, 0.15) is 79.1 Å². The molecular formula is C16H36OSn. The van der Waals surface area contributed by atoms with Crippen molar-refractivity contribution in [2.75, 3.05) is 13.2 Å². The van der Waals surface area contributed by atoms with Gasteiger partial charge in [-0.3, -0.25) is 0 Å². The molecule has 0 saturated carbocycles.